The Morgan fingerprint density at radius 1 is 1.17 bits per heavy atom. The summed E-state index contributed by atoms with van der Waals surface area (Å²) in [5, 5.41) is 0.486. The van der Waals surface area contributed by atoms with Crippen molar-refractivity contribution in [3.05, 3.63) is 58.9 Å². The summed E-state index contributed by atoms with van der Waals surface area (Å²) in [4.78, 5) is 20.1. The van der Waals surface area contributed by atoms with Crippen molar-refractivity contribution >= 4 is 10.9 Å². The van der Waals surface area contributed by atoms with Crippen molar-refractivity contribution < 1.29 is 4.42 Å². The van der Waals surface area contributed by atoms with E-state index in [1.54, 1.807) is 19.2 Å². The number of rotatable bonds is 1. The van der Waals surface area contributed by atoms with Crippen LogP contribution >= 0.6 is 0 Å². The molecule has 0 radical (unpaired) electrons. The third-order valence-electron chi connectivity index (χ3n) is 2.70. The fraction of sp³-hybridized carbons (Fsp3) is 0.0714. The van der Waals surface area contributed by atoms with Gasteiger partial charge in [0.05, 0.1) is 16.6 Å². The first kappa shape index (κ1) is 10.7. The van der Waals surface area contributed by atoms with Crippen LogP contribution in [0.1, 0.15) is 5.89 Å². The van der Waals surface area contributed by atoms with Crippen LogP contribution in [0.2, 0.25) is 0 Å². The number of hydrogen-bond donors (Lipinski definition) is 0. The van der Waals surface area contributed by atoms with Gasteiger partial charge in [0.25, 0.3) is 0 Å². The maximum Gasteiger partial charge on any atom is 0.346 e. The molecule has 0 saturated heterocycles. The van der Waals surface area contributed by atoms with Crippen molar-refractivity contribution in [2.45, 2.75) is 6.92 Å². The van der Waals surface area contributed by atoms with E-state index in [0.717, 1.165) is 11.3 Å². The van der Waals surface area contributed by atoms with E-state index in [9.17, 15) is 4.79 Å². The average molecular weight is 238 g/mol. The summed E-state index contributed by atoms with van der Waals surface area (Å²) in [5.41, 5.74) is 2.06. The summed E-state index contributed by atoms with van der Waals surface area (Å²) >= 11 is 0. The first-order valence-electron chi connectivity index (χ1n) is 5.57. The van der Waals surface area contributed by atoms with Crippen LogP contribution in [-0.2, 0) is 0 Å². The van der Waals surface area contributed by atoms with Crippen molar-refractivity contribution in [3.8, 4) is 11.3 Å². The number of hydrogen-bond acceptors (Lipinski definition) is 4. The Labute approximate surface area is 103 Å². The van der Waals surface area contributed by atoms with E-state index in [1.165, 1.54) is 0 Å². The number of benzene rings is 1. The molecule has 18 heavy (non-hydrogen) atoms. The van der Waals surface area contributed by atoms with Gasteiger partial charge in [-0.15, -0.1) is 0 Å². The first-order chi connectivity index (χ1) is 8.74. The van der Waals surface area contributed by atoms with Gasteiger partial charge in [-0.3, -0.25) is 4.98 Å². The standard InChI is InChI=1S/C14H10N2O2/c1-9-16-13-8-10(12-4-2-3-7-15-12)5-6-11(13)14(17)18-9/h2-8H,1H3. The quantitative estimate of drug-likeness (QED) is 0.653. The fourth-order valence-corrected chi connectivity index (χ4v) is 1.87. The van der Waals surface area contributed by atoms with Gasteiger partial charge in [-0.05, 0) is 24.3 Å². The molecule has 2 aromatic heterocycles. The maximum atomic E-state index is 11.6. The second-order valence-corrected chi connectivity index (χ2v) is 3.97. The monoisotopic (exact) mass is 238 g/mol. The van der Waals surface area contributed by atoms with Crippen LogP contribution in [0, 0.1) is 6.92 Å². The highest BCUT2D eigenvalue weighted by Crippen LogP contribution is 2.20. The number of pyridine rings is 1. The van der Waals surface area contributed by atoms with E-state index in [-0.39, 0.29) is 5.63 Å². The molecule has 0 aliphatic heterocycles. The van der Waals surface area contributed by atoms with E-state index in [1.807, 2.05) is 30.3 Å². The normalized spacial score (nSPS) is 10.7. The Kier molecular flexibility index (Phi) is 2.41. The third kappa shape index (κ3) is 1.78. The van der Waals surface area contributed by atoms with E-state index in [4.69, 9.17) is 4.42 Å². The molecule has 3 rings (SSSR count). The van der Waals surface area contributed by atoms with Crippen molar-refractivity contribution in [3.63, 3.8) is 0 Å². The molecule has 2 heterocycles. The van der Waals surface area contributed by atoms with E-state index < -0.39 is 0 Å². The summed E-state index contributed by atoms with van der Waals surface area (Å²) in [6.07, 6.45) is 1.73. The Morgan fingerprint density at radius 3 is 2.83 bits per heavy atom. The minimum atomic E-state index is -0.356. The van der Waals surface area contributed by atoms with Gasteiger partial charge in [-0.25, -0.2) is 9.78 Å². The molecule has 0 aliphatic rings. The molecule has 0 bridgehead atoms. The molecule has 0 N–H and O–H groups in total. The van der Waals surface area contributed by atoms with Crippen molar-refractivity contribution in [2.24, 2.45) is 0 Å². The number of fused-ring (bicyclic) bond motifs is 1. The molecule has 0 fully saturated rings. The second kappa shape index (κ2) is 4.07. The maximum absolute atomic E-state index is 11.6. The zero-order valence-corrected chi connectivity index (χ0v) is 9.75. The summed E-state index contributed by atoms with van der Waals surface area (Å²) in [6, 6.07) is 11.1. The fourth-order valence-electron chi connectivity index (χ4n) is 1.87. The number of nitrogens with zero attached hydrogens (tertiary/aromatic N) is 2. The zero-order valence-electron chi connectivity index (χ0n) is 9.75. The molecule has 0 saturated carbocycles. The second-order valence-electron chi connectivity index (χ2n) is 3.97. The van der Waals surface area contributed by atoms with Gasteiger partial charge in [0.1, 0.15) is 0 Å². The van der Waals surface area contributed by atoms with Crippen molar-refractivity contribution in [2.75, 3.05) is 0 Å². The average Bonchev–Trinajstić information content (AvgIpc) is 2.39. The molecular formula is C14H10N2O2. The Balaban J connectivity index is 2.26. The van der Waals surface area contributed by atoms with Crippen molar-refractivity contribution in [1.82, 2.24) is 9.97 Å². The molecular weight excluding hydrogens is 228 g/mol. The largest absolute Gasteiger partial charge is 0.408 e. The van der Waals surface area contributed by atoms with Crippen molar-refractivity contribution in [1.29, 1.82) is 0 Å². The van der Waals surface area contributed by atoms with Crippen LogP contribution in [-0.4, -0.2) is 9.97 Å². The molecule has 0 spiro atoms. The Morgan fingerprint density at radius 2 is 2.06 bits per heavy atom. The predicted molar refractivity (Wildman–Crippen MR) is 68.2 cm³/mol. The third-order valence-corrected chi connectivity index (χ3v) is 2.70. The molecule has 0 unspecified atom stereocenters. The smallest absolute Gasteiger partial charge is 0.346 e. The lowest BCUT2D eigenvalue weighted by Crippen LogP contribution is -2.02. The van der Waals surface area contributed by atoms with Gasteiger partial charge < -0.3 is 4.42 Å². The molecule has 4 heteroatoms. The minimum Gasteiger partial charge on any atom is -0.408 e. The van der Waals surface area contributed by atoms with Gasteiger partial charge in [-0.2, -0.15) is 0 Å². The molecule has 4 nitrogen and oxygen atoms in total. The van der Waals surface area contributed by atoms with E-state index in [0.29, 0.717) is 16.8 Å². The predicted octanol–water partition coefficient (Wildman–Crippen LogP) is 2.56. The van der Waals surface area contributed by atoms with Crippen LogP contribution in [0.15, 0.2) is 51.8 Å². The summed E-state index contributed by atoms with van der Waals surface area (Å²) < 4.78 is 4.95. The summed E-state index contributed by atoms with van der Waals surface area (Å²) in [6.45, 7) is 1.66. The van der Waals surface area contributed by atoms with Gasteiger partial charge in [0.2, 0.25) is 0 Å². The van der Waals surface area contributed by atoms with Gasteiger partial charge in [0.15, 0.2) is 5.89 Å². The minimum absolute atomic E-state index is 0.356. The zero-order chi connectivity index (χ0) is 12.5. The van der Waals surface area contributed by atoms with E-state index >= 15 is 0 Å². The molecule has 0 atom stereocenters. The number of aryl methyl sites for hydroxylation is 1. The molecule has 88 valence electrons. The Hall–Kier alpha value is -2.49. The van der Waals surface area contributed by atoms with Crippen LogP contribution in [0.3, 0.4) is 0 Å². The highest BCUT2D eigenvalue weighted by Gasteiger charge is 2.06. The lowest BCUT2D eigenvalue weighted by molar-refractivity contribution is 0.467. The van der Waals surface area contributed by atoms with Crippen LogP contribution in [0.4, 0.5) is 0 Å². The van der Waals surface area contributed by atoms with Crippen LogP contribution in [0.25, 0.3) is 22.2 Å². The molecule has 1 aromatic carbocycles. The van der Waals surface area contributed by atoms with Gasteiger partial charge in [0, 0.05) is 18.7 Å². The van der Waals surface area contributed by atoms with Gasteiger partial charge in [-0.1, -0.05) is 12.1 Å². The van der Waals surface area contributed by atoms with Gasteiger partial charge >= 0.3 is 5.63 Å². The SMILES string of the molecule is Cc1nc2cc(-c3ccccn3)ccc2c(=O)o1. The summed E-state index contributed by atoms with van der Waals surface area (Å²) in [7, 11) is 0. The summed E-state index contributed by atoms with van der Waals surface area (Å²) in [5.74, 6) is 0.366. The highest BCUT2D eigenvalue weighted by atomic mass is 16.4. The molecule has 0 amide bonds. The lowest BCUT2D eigenvalue weighted by Gasteiger charge is -2.02. The molecule has 0 aliphatic carbocycles. The van der Waals surface area contributed by atoms with Crippen LogP contribution in [0.5, 0.6) is 0 Å². The van der Waals surface area contributed by atoms with E-state index in [2.05, 4.69) is 9.97 Å². The number of aromatic nitrogens is 2. The first-order valence-corrected chi connectivity index (χ1v) is 5.57. The topological polar surface area (TPSA) is 56.0 Å². The molecule has 3 aromatic rings. The Bertz CT molecular complexity index is 764. The lowest BCUT2D eigenvalue weighted by atomic mass is 10.1. The van der Waals surface area contributed by atoms with Crippen LogP contribution < -0.4 is 5.63 Å². The highest BCUT2D eigenvalue weighted by molar-refractivity contribution is 5.82.